The van der Waals surface area contributed by atoms with Gasteiger partial charge in [-0.25, -0.2) is 9.97 Å². The van der Waals surface area contributed by atoms with E-state index in [1.54, 1.807) is 0 Å². The lowest BCUT2D eigenvalue weighted by Crippen LogP contribution is -2.30. The van der Waals surface area contributed by atoms with E-state index in [4.69, 9.17) is 5.11 Å². The topological polar surface area (TPSA) is 49.2 Å². The molecule has 1 aliphatic heterocycles. The fraction of sp³-hybridized carbons (Fsp3) is 0.636. The Balaban J connectivity index is 2.22. The third kappa shape index (κ3) is 2.45. The van der Waals surface area contributed by atoms with Crippen LogP contribution >= 0.6 is 0 Å². The van der Waals surface area contributed by atoms with Gasteiger partial charge in [0.15, 0.2) is 5.82 Å². The second kappa shape index (κ2) is 4.57. The van der Waals surface area contributed by atoms with Crippen molar-refractivity contribution in [2.24, 2.45) is 0 Å². The summed E-state index contributed by atoms with van der Waals surface area (Å²) in [4.78, 5) is 10.8. The molecule has 0 unspecified atom stereocenters. The molecule has 15 heavy (non-hydrogen) atoms. The number of rotatable bonds is 2. The molecule has 1 N–H and O–H groups in total. The van der Waals surface area contributed by atoms with E-state index in [0.717, 1.165) is 24.6 Å². The van der Waals surface area contributed by atoms with Crippen LogP contribution in [-0.4, -0.2) is 28.2 Å². The van der Waals surface area contributed by atoms with E-state index in [-0.39, 0.29) is 6.61 Å². The van der Waals surface area contributed by atoms with Gasteiger partial charge in [0, 0.05) is 24.8 Å². The zero-order valence-electron chi connectivity index (χ0n) is 9.11. The summed E-state index contributed by atoms with van der Waals surface area (Å²) in [6.07, 6.45) is 3.78. The number of hydrogen-bond acceptors (Lipinski definition) is 4. The van der Waals surface area contributed by atoms with Crippen molar-refractivity contribution in [1.29, 1.82) is 0 Å². The van der Waals surface area contributed by atoms with E-state index >= 15 is 0 Å². The number of aryl methyl sites for hydroxylation is 1. The SMILES string of the molecule is Cc1cc(N2CCCCC2)nc(CO)n1. The average Bonchev–Trinajstić information content (AvgIpc) is 2.29. The van der Waals surface area contributed by atoms with E-state index < -0.39 is 0 Å². The zero-order chi connectivity index (χ0) is 10.7. The molecule has 0 amide bonds. The van der Waals surface area contributed by atoms with Crippen molar-refractivity contribution in [2.45, 2.75) is 32.8 Å². The molecule has 1 aliphatic rings. The highest BCUT2D eigenvalue weighted by Gasteiger charge is 2.13. The lowest BCUT2D eigenvalue weighted by Gasteiger charge is -2.28. The number of nitrogens with zero attached hydrogens (tertiary/aromatic N) is 3. The van der Waals surface area contributed by atoms with Crippen LogP contribution in [0.2, 0.25) is 0 Å². The predicted molar refractivity (Wildman–Crippen MR) is 58.8 cm³/mol. The van der Waals surface area contributed by atoms with Gasteiger partial charge in [-0.15, -0.1) is 0 Å². The molecule has 0 spiro atoms. The predicted octanol–water partition coefficient (Wildman–Crippen LogP) is 1.27. The standard InChI is InChI=1S/C11H17N3O/c1-9-7-11(13-10(8-15)12-9)14-5-3-2-4-6-14/h7,15H,2-6,8H2,1H3. The van der Waals surface area contributed by atoms with Crippen LogP contribution in [-0.2, 0) is 6.61 Å². The maximum atomic E-state index is 9.04. The molecule has 1 saturated heterocycles. The van der Waals surface area contributed by atoms with Crippen molar-refractivity contribution in [3.05, 3.63) is 17.6 Å². The van der Waals surface area contributed by atoms with Crippen LogP contribution in [0.5, 0.6) is 0 Å². The Morgan fingerprint density at radius 2 is 2.00 bits per heavy atom. The van der Waals surface area contributed by atoms with Crippen LogP contribution in [0, 0.1) is 6.92 Å². The Bertz CT molecular complexity index is 335. The van der Waals surface area contributed by atoms with Crippen LogP contribution in [0.3, 0.4) is 0 Å². The molecule has 1 fully saturated rings. The molecular weight excluding hydrogens is 190 g/mol. The summed E-state index contributed by atoms with van der Waals surface area (Å²) in [6.45, 7) is 4.00. The van der Waals surface area contributed by atoms with Crippen LogP contribution in [0.1, 0.15) is 30.8 Å². The molecule has 1 aromatic heterocycles. The normalized spacial score (nSPS) is 16.8. The minimum Gasteiger partial charge on any atom is -0.388 e. The molecule has 0 aliphatic carbocycles. The van der Waals surface area contributed by atoms with E-state index in [1.165, 1.54) is 19.3 Å². The van der Waals surface area contributed by atoms with Crippen LogP contribution in [0.25, 0.3) is 0 Å². The Kier molecular flexibility index (Phi) is 3.16. The molecule has 1 aromatic rings. The number of hydrogen-bond donors (Lipinski definition) is 1. The molecule has 0 saturated carbocycles. The summed E-state index contributed by atoms with van der Waals surface area (Å²) in [5.41, 5.74) is 0.926. The van der Waals surface area contributed by atoms with Gasteiger partial charge < -0.3 is 10.0 Å². The first-order valence-electron chi connectivity index (χ1n) is 5.50. The third-order valence-corrected chi connectivity index (χ3v) is 2.71. The first-order chi connectivity index (χ1) is 7.29. The molecule has 0 bridgehead atoms. The second-order valence-corrected chi connectivity index (χ2v) is 3.99. The summed E-state index contributed by atoms with van der Waals surface area (Å²) in [7, 11) is 0. The molecule has 4 nitrogen and oxygen atoms in total. The van der Waals surface area contributed by atoms with Crippen LogP contribution < -0.4 is 4.90 Å². The van der Waals surface area contributed by atoms with E-state index in [1.807, 2.05) is 13.0 Å². The number of aliphatic hydroxyl groups is 1. The Labute approximate surface area is 90.0 Å². The molecule has 0 aromatic carbocycles. The van der Waals surface area contributed by atoms with Gasteiger partial charge in [-0.05, 0) is 26.2 Å². The van der Waals surface area contributed by atoms with E-state index in [9.17, 15) is 0 Å². The molecular formula is C11H17N3O. The quantitative estimate of drug-likeness (QED) is 0.793. The van der Waals surface area contributed by atoms with Crippen LogP contribution in [0.4, 0.5) is 5.82 Å². The number of aromatic nitrogens is 2. The van der Waals surface area contributed by atoms with Crippen molar-refractivity contribution >= 4 is 5.82 Å². The molecule has 2 heterocycles. The van der Waals surface area contributed by atoms with Gasteiger partial charge in [-0.2, -0.15) is 0 Å². The van der Waals surface area contributed by atoms with Crippen molar-refractivity contribution in [1.82, 2.24) is 9.97 Å². The highest BCUT2D eigenvalue weighted by molar-refractivity contribution is 5.39. The highest BCUT2D eigenvalue weighted by Crippen LogP contribution is 2.18. The summed E-state index contributed by atoms with van der Waals surface area (Å²) in [5, 5.41) is 9.04. The van der Waals surface area contributed by atoms with E-state index in [2.05, 4.69) is 14.9 Å². The van der Waals surface area contributed by atoms with Crippen LogP contribution in [0.15, 0.2) is 6.07 Å². The fourth-order valence-electron chi connectivity index (χ4n) is 1.97. The third-order valence-electron chi connectivity index (χ3n) is 2.71. The number of anilines is 1. The van der Waals surface area contributed by atoms with Gasteiger partial charge in [0.05, 0.1) is 0 Å². The molecule has 82 valence electrons. The maximum absolute atomic E-state index is 9.04. The summed E-state index contributed by atoms with van der Waals surface area (Å²) < 4.78 is 0. The van der Waals surface area contributed by atoms with Gasteiger partial charge in [0.1, 0.15) is 12.4 Å². The largest absolute Gasteiger partial charge is 0.388 e. The van der Waals surface area contributed by atoms with Gasteiger partial charge in [0.25, 0.3) is 0 Å². The summed E-state index contributed by atoms with van der Waals surface area (Å²) in [6, 6.07) is 1.99. The lowest BCUT2D eigenvalue weighted by molar-refractivity contribution is 0.271. The summed E-state index contributed by atoms with van der Waals surface area (Å²) >= 11 is 0. The number of aliphatic hydroxyl groups excluding tert-OH is 1. The Hall–Kier alpha value is -1.16. The maximum Gasteiger partial charge on any atom is 0.156 e. The second-order valence-electron chi connectivity index (χ2n) is 3.99. The Morgan fingerprint density at radius 3 is 2.67 bits per heavy atom. The van der Waals surface area contributed by atoms with Gasteiger partial charge >= 0.3 is 0 Å². The Morgan fingerprint density at radius 1 is 1.27 bits per heavy atom. The minimum absolute atomic E-state index is 0.0808. The average molecular weight is 207 g/mol. The molecule has 0 radical (unpaired) electrons. The first-order valence-corrected chi connectivity index (χ1v) is 5.50. The van der Waals surface area contributed by atoms with E-state index in [0.29, 0.717) is 5.82 Å². The van der Waals surface area contributed by atoms with Gasteiger partial charge in [-0.3, -0.25) is 0 Å². The first kappa shape index (κ1) is 10.4. The van der Waals surface area contributed by atoms with Crippen molar-refractivity contribution in [3.63, 3.8) is 0 Å². The van der Waals surface area contributed by atoms with Crippen molar-refractivity contribution < 1.29 is 5.11 Å². The number of piperidine rings is 1. The minimum atomic E-state index is -0.0808. The lowest BCUT2D eigenvalue weighted by atomic mass is 10.1. The van der Waals surface area contributed by atoms with Gasteiger partial charge in [-0.1, -0.05) is 0 Å². The fourth-order valence-corrected chi connectivity index (χ4v) is 1.97. The zero-order valence-corrected chi connectivity index (χ0v) is 9.11. The smallest absolute Gasteiger partial charge is 0.156 e. The van der Waals surface area contributed by atoms with Crippen molar-refractivity contribution in [3.8, 4) is 0 Å². The molecule has 0 atom stereocenters. The highest BCUT2D eigenvalue weighted by atomic mass is 16.3. The monoisotopic (exact) mass is 207 g/mol. The van der Waals surface area contributed by atoms with Gasteiger partial charge in [0.2, 0.25) is 0 Å². The molecule has 4 heteroatoms. The van der Waals surface area contributed by atoms with Crippen molar-refractivity contribution in [2.75, 3.05) is 18.0 Å². The summed E-state index contributed by atoms with van der Waals surface area (Å²) in [5.74, 6) is 1.49. The molecule has 2 rings (SSSR count).